The number of nitrogens with two attached hydrogens (primary N) is 2. The van der Waals surface area contributed by atoms with Crippen molar-refractivity contribution in [1.82, 2.24) is 5.32 Å². The summed E-state index contributed by atoms with van der Waals surface area (Å²) < 4.78 is 0. The van der Waals surface area contributed by atoms with E-state index in [1.807, 2.05) is 0 Å². The normalized spacial score (nSPS) is 12.0. The third-order valence-corrected chi connectivity index (χ3v) is 6.66. The third kappa shape index (κ3) is 25.3. The first-order chi connectivity index (χ1) is 16.6. The number of nitrogens with one attached hydrogen (secondary N) is 1. The Labute approximate surface area is 211 Å². The number of guanidine groups is 1. The molecule has 0 bridgehead atoms. The van der Waals surface area contributed by atoms with Crippen LogP contribution < -0.4 is 16.8 Å². The number of carbonyl (C=O) groups is 1. The molecule has 6 nitrogen and oxygen atoms in total. The highest BCUT2D eigenvalue weighted by Gasteiger charge is 2.15. The van der Waals surface area contributed by atoms with Crippen LogP contribution in [0, 0.1) is 0 Å². The fourth-order valence-electron chi connectivity index (χ4n) is 4.47. The Morgan fingerprint density at radius 3 is 1.41 bits per heavy atom. The number of rotatable bonds is 27. The van der Waals surface area contributed by atoms with E-state index in [-0.39, 0.29) is 5.96 Å². The predicted octanol–water partition coefficient (Wildman–Crippen LogP) is 6.90. The summed E-state index contributed by atoms with van der Waals surface area (Å²) in [5.41, 5.74) is 10.6. The maximum absolute atomic E-state index is 11.3. The summed E-state index contributed by atoms with van der Waals surface area (Å²) >= 11 is 0. The van der Waals surface area contributed by atoms with Gasteiger partial charge in [-0.3, -0.25) is 9.79 Å². The van der Waals surface area contributed by atoms with Gasteiger partial charge in [0.1, 0.15) is 6.04 Å². The number of aliphatic imine (C=N–C) groups is 1. The highest BCUT2D eigenvalue weighted by Crippen LogP contribution is 2.14. The Balaban J connectivity index is 3.29. The van der Waals surface area contributed by atoms with Crippen molar-refractivity contribution >= 4 is 11.9 Å². The summed E-state index contributed by atoms with van der Waals surface area (Å²) in [6, 6.07) is -0.505. The van der Waals surface area contributed by atoms with Gasteiger partial charge in [-0.25, -0.2) is 0 Å². The monoisotopic (exact) mass is 482 g/mol. The standard InChI is InChI=1S/C28H58N4O2/c1-2-3-4-5-6-7-8-9-10-11-12-13-14-15-16-17-18-19-20-21-24-31-26(27(33)34)23-22-25-32-28(29)30/h26,31H,2-25H2,1H3,(H,33,34)(H4,29,30,32)/t26-/m0/s1. The Kier molecular flexibility index (Phi) is 25.3. The summed E-state index contributed by atoms with van der Waals surface area (Å²) in [6.45, 7) is 3.53. The van der Waals surface area contributed by atoms with Gasteiger partial charge in [-0.2, -0.15) is 0 Å². The predicted molar refractivity (Wildman–Crippen MR) is 147 cm³/mol. The zero-order valence-electron chi connectivity index (χ0n) is 22.5. The first-order valence-electron chi connectivity index (χ1n) is 14.6. The summed E-state index contributed by atoms with van der Waals surface area (Å²) in [6.07, 6.45) is 28.6. The van der Waals surface area contributed by atoms with E-state index < -0.39 is 12.0 Å². The molecule has 0 spiro atoms. The highest BCUT2D eigenvalue weighted by atomic mass is 16.4. The summed E-state index contributed by atoms with van der Waals surface area (Å²) in [7, 11) is 0. The average Bonchev–Trinajstić information content (AvgIpc) is 2.81. The highest BCUT2D eigenvalue weighted by molar-refractivity contribution is 5.75. The molecule has 0 aromatic rings. The van der Waals surface area contributed by atoms with Crippen LogP contribution >= 0.6 is 0 Å². The van der Waals surface area contributed by atoms with E-state index >= 15 is 0 Å². The molecule has 6 heteroatoms. The number of carboxylic acid groups (broad SMARTS) is 1. The molecule has 0 aliphatic rings. The van der Waals surface area contributed by atoms with E-state index in [2.05, 4.69) is 17.2 Å². The molecule has 0 saturated heterocycles. The smallest absolute Gasteiger partial charge is 0.320 e. The molecule has 0 aliphatic heterocycles. The second kappa shape index (κ2) is 26.3. The van der Waals surface area contributed by atoms with Crippen LogP contribution in [0.5, 0.6) is 0 Å². The summed E-state index contributed by atoms with van der Waals surface area (Å²) in [5.74, 6) is -0.734. The first kappa shape index (κ1) is 32.7. The van der Waals surface area contributed by atoms with Crippen molar-refractivity contribution in [3.63, 3.8) is 0 Å². The molecule has 0 aromatic heterocycles. The van der Waals surface area contributed by atoms with Crippen LogP contribution in [0.15, 0.2) is 4.99 Å². The second-order valence-corrected chi connectivity index (χ2v) is 10.0. The van der Waals surface area contributed by atoms with Gasteiger partial charge < -0.3 is 21.9 Å². The van der Waals surface area contributed by atoms with Gasteiger partial charge in [0.25, 0.3) is 0 Å². The lowest BCUT2D eigenvalue weighted by atomic mass is 10.0. The molecule has 0 amide bonds. The van der Waals surface area contributed by atoms with E-state index in [1.165, 1.54) is 122 Å². The maximum atomic E-state index is 11.3. The zero-order chi connectivity index (χ0) is 25.1. The van der Waals surface area contributed by atoms with Crippen molar-refractivity contribution in [1.29, 1.82) is 0 Å². The van der Waals surface area contributed by atoms with Gasteiger partial charge in [0.05, 0.1) is 0 Å². The number of aliphatic carboxylic acids is 1. The molecule has 0 rings (SSSR count). The van der Waals surface area contributed by atoms with E-state index in [1.54, 1.807) is 0 Å². The van der Waals surface area contributed by atoms with Gasteiger partial charge in [-0.05, 0) is 25.8 Å². The van der Waals surface area contributed by atoms with Crippen LogP contribution in [0.1, 0.15) is 148 Å². The minimum Gasteiger partial charge on any atom is -0.480 e. The maximum Gasteiger partial charge on any atom is 0.320 e. The van der Waals surface area contributed by atoms with Gasteiger partial charge in [0, 0.05) is 6.54 Å². The van der Waals surface area contributed by atoms with Crippen molar-refractivity contribution in [3.05, 3.63) is 0 Å². The molecule has 0 heterocycles. The van der Waals surface area contributed by atoms with Crippen LogP contribution in [0.25, 0.3) is 0 Å². The van der Waals surface area contributed by atoms with E-state index in [4.69, 9.17) is 11.5 Å². The molecular weight excluding hydrogens is 424 g/mol. The lowest BCUT2D eigenvalue weighted by Gasteiger charge is -2.13. The fourth-order valence-corrected chi connectivity index (χ4v) is 4.47. The SMILES string of the molecule is CCCCCCCCCCCCCCCCCCCCCCN[C@@H](CCCN=C(N)N)C(=O)O. The molecule has 0 aliphatic carbocycles. The van der Waals surface area contributed by atoms with Crippen LogP contribution in [0.4, 0.5) is 0 Å². The quantitative estimate of drug-likeness (QED) is 0.0577. The molecular formula is C28H58N4O2. The van der Waals surface area contributed by atoms with E-state index in [0.29, 0.717) is 19.4 Å². The minimum atomic E-state index is -0.794. The molecule has 202 valence electrons. The van der Waals surface area contributed by atoms with Crippen LogP contribution in [-0.4, -0.2) is 36.2 Å². The van der Waals surface area contributed by atoms with Gasteiger partial charge >= 0.3 is 5.97 Å². The van der Waals surface area contributed by atoms with E-state index in [9.17, 15) is 9.90 Å². The van der Waals surface area contributed by atoms with Gasteiger partial charge in [0.15, 0.2) is 5.96 Å². The lowest BCUT2D eigenvalue weighted by Crippen LogP contribution is -2.37. The number of nitrogens with zero attached hydrogens (tertiary/aromatic N) is 1. The first-order valence-corrected chi connectivity index (χ1v) is 14.6. The van der Waals surface area contributed by atoms with Crippen LogP contribution in [-0.2, 0) is 4.79 Å². The molecule has 0 fully saturated rings. The van der Waals surface area contributed by atoms with Gasteiger partial charge in [0.2, 0.25) is 0 Å². The topological polar surface area (TPSA) is 114 Å². The average molecular weight is 483 g/mol. The largest absolute Gasteiger partial charge is 0.480 e. The number of unbranched alkanes of at least 4 members (excludes halogenated alkanes) is 19. The van der Waals surface area contributed by atoms with Crippen molar-refractivity contribution in [2.24, 2.45) is 16.5 Å². The molecule has 0 aromatic carbocycles. The fraction of sp³-hybridized carbons (Fsp3) is 0.929. The molecule has 0 saturated carbocycles. The summed E-state index contributed by atoms with van der Waals surface area (Å²) in [5, 5.41) is 12.5. The summed E-state index contributed by atoms with van der Waals surface area (Å²) in [4.78, 5) is 15.2. The molecule has 34 heavy (non-hydrogen) atoms. The number of hydrogen-bond donors (Lipinski definition) is 4. The van der Waals surface area contributed by atoms with Gasteiger partial charge in [-0.15, -0.1) is 0 Å². The molecule has 1 atom stereocenters. The Morgan fingerprint density at radius 1 is 0.676 bits per heavy atom. The molecule has 6 N–H and O–H groups in total. The van der Waals surface area contributed by atoms with Crippen LogP contribution in [0.3, 0.4) is 0 Å². The van der Waals surface area contributed by atoms with Crippen LogP contribution in [0.2, 0.25) is 0 Å². The van der Waals surface area contributed by atoms with Crippen molar-refractivity contribution in [2.45, 2.75) is 154 Å². The van der Waals surface area contributed by atoms with Crippen molar-refractivity contribution in [2.75, 3.05) is 13.1 Å². The Hall–Kier alpha value is -1.30. The van der Waals surface area contributed by atoms with Crippen molar-refractivity contribution in [3.8, 4) is 0 Å². The Bertz CT molecular complexity index is 467. The number of hydrogen-bond acceptors (Lipinski definition) is 3. The third-order valence-electron chi connectivity index (χ3n) is 6.66. The second-order valence-electron chi connectivity index (χ2n) is 10.0. The zero-order valence-corrected chi connectivity index (χ0v) is 22.5. The molecule has 0 radical (unpaired) electrons. The van der Waals surface area contributed by atoms with Crippen molar-refractivity contribution < 1.29 is 9.90 Å². The number of carboxylic acids is 1. The molecule has 0 unspecified atom stereocenters. The lowest BCUT2D eigenvalue weighted by molar-refractivity contribution is -0.139. The van der Waals surface area contributed by atoms with Gasteiger partial charge in [-0.1, -0.05) is 129 Å². The minimum absolute atomic E-state index is 0.0594. The van der Waals surface area contributed by atoms with E-state index in [0.717, 1.165) is 13.0 Å². The Morgan fingerprint density at radius 2 is 1.06 bits per heavy atom.